The molecule has 0 radical (unpaired) electrons. The summed E-state index contributed by atoms with van der Waals surface area (Å²) in [5.41, 5.74) is 1.94. The van der Waals surface area contributed by atoms with Gasteiger partial charge in [0.05, 0.1) is 12.2 Å². The zero-order valence-electron chi connectivity index (χ0n) is 13.3. The van der Waals surface area contributed by atoms with Crippen LogP contribution >= 0.6 is 11.3 Å². The predicted octanol–water partition coefficient (Wildman–Crippen LogP) is 3.31. The largest absolute Gasteiger partial charge is 0.323 e. The smallest absolute Gasteiger partial charge is 0.266 e. The van der Waals surface area contributed by atoms with Crippen LogP contribution in [0.15, 0.2) is 23.3 Å². The van der Waals surface area contributed by atoms with Gasteiger partial charge in [-0.05, 0) is 18.1 Å². The van der Waals surface area contributed by atoms with Gasteiger partial charge in [0.2, 0.25) is 0 Å². The maximum Gasteiger partial charge on any atom is 0.266 e. The average molecular weight is 362 g/mol. The van der Waals surface area contributed by atoms with E-state index >= 15 is 0 Å². The lowest BCUT2D eigenvalue weighted by molar-refractivity contribution is -0.0527. The number of aromatic amines is 2. The summed E-state index contributed by atoms with van der Waals surface area (Å²) in [5, 5.41) is 7.33. The summed E-state index contributed by atoms with van der Waals surface area (Å²) < 4.78 is 29.4. The van der Waals surface area contributed by atoms with Crippen molar-refractivity contribution >= 4 is 21.4 Å². The van der Waals surface area contributed by atoms with E-state index in [2.05, 4.69) is 15.2 Å². The van der Waals surface area contributed by atoms with Crippen molar-refractivity contribution in [2.24, 2.45) is 0 Å². The lowest BCUT2D eigenvalue weighted by Gasteiger charge is -2.43. The van der Waals surface area contributed by atoms with Gasteiger partial charge in [-0.2, -0.15) is 5.10 Å². The highest BCUT2D eigenvalue weighted by molar-refractivity contribution is 7.22. The summed E-state index contributed by atoms with van der Waals surface area (Å²) in [4.78, 5) is 18.4. The monoisotopic (exact) mass is 362 g/mol. The van der Waals surface area contributed by atoms with E-state index < -0.39 is 12.0 Å². The molecule has 3 aromatic heterocycles. The number of H-pyrrole nitrogens is 2. The number of rotatable bonds is 2. The van der Waals surface area contributed by atoms with Gasteiger partial charge < -0.3 is 4.98 Å². The molecule has 1 saturated heterocycles. The van der Waals surface area contributed by atoms with Crippen LogP contribution in [0.2, 0.25) is 0 Å². The second-order valence-corrected chi connectivity index (χ2v) is 7.88. The molecule has 2 aliphatic rings. The zero-order chi connectivity index (χ0) is 17.2. The standard InChI is InChI=1S/C17H16F2N4OS/c18-17(19)5-11-10-4-13(9-7-20-21-8-9)25-15(10)16(24)22-14(11)12(6-17)23-2-1-3-23/h4,7-8,12H,1-3,5-6H2,(H,20,21)(H,22,24). The quantitative estimate of drug-likeness (QED) is 0.735. The first-order valence-electron chi connectivity index (χ1n) is 8.31. The van der Waals surface area contributed by atoms with E-state index in [1.165, 1.54) is 11.3 Å². The summed E-state index contributed by atoms with van der Waals surface area (Å²) in [6, 6.07) is 1.45. The van der Waals surface area contributed by atoms with Gasteiger partial charge in [0.1, 0.15) is 4.70 Å². The fourth-order valence-electron chi connectivity index (χ4n) is 3.87. The topological polar surface area (TPSA) is 64.8 Å². The number of hydrogen-bond donors (Lipinski definition) is 2. The molecule has 5 nitrogen and oxygen atoms in total. The molecule has 0 bridgehead atoms. The van der Waals surface area contributed by atoms with Crippen molar-refractivity contribution in [3.8, 4) is 10.4 Å². The lowest BCUT2D eigenvalue weighted by Crippen LogP contribution is -2.46. The zero-order valence-corrected chi connectivity index (χ0v) is 14.1. The van der Waals surface area contributed by atoms with Crippen LogP contribution in [0.4, 0.5) is 8.78 Å². The van der Waals surface area contributed by atoms with E-state index in [1.807, 2.05) is 11.0 Å². The van der Waals surface area contributed by atoms with E-state index in [-0.39, 0.29) is 18.4 Å². The molecular weight excluding hydrogens is 346 g/mol. The minimum atomic E-state index is -2.75. The summed E-state index contributed by atoms with van der Waals surface area (Å²) >= 11 is 1.32. The van der Waals surface area contributed by atoms with Gasteiger partial charge in [0.15, 0.2) is 0 Å². The Morgan fingerprint density at radius 2 is 2.20 bits per heavy atom. The second kappa shape index (κ2) is 5.22. The van der Waals surface area contributed by atoms with Gasteiger partial charge in [-0.15, -0.1) is 11.3 Å². The highest BCUT2D eigenvalue weighted by Crippen LogP contribution is 2.45. The minimum absolute atomic E-state index is 0.191. The molecule has 130 valence electrons. The van der Waals surface area contributed by atoms with E-state index in [0.29, 0.717) is 21.3 Å². The van der Waals surface area contributed by atoms with Crippen molar-refractivity contribution in [1.82, 2.24) is 20.1 Å². The summed E-state index contributed by atoms with van der Waals surface area (Å²) in [7, 11) is 0. The van der Waals surface area contributed by atoms with Gasteiger partial charge >= 0.3 is 0 Å². The summed E-state index contributed by atoms with van der Waals surface area (Å²) in [6.07, 6.45) is 3.89. The molecule has 1 aliphatic carbocycles. The third kappa shape index (κ3) is 2.35. The molecule has 0 spiro atoms. The maximum atomic E-state index is 14.4. The number of nitrogens with one attached hydrogen (secondary N) is 2. The Balaban J connectivity index is 1.74. The normalized spacial score (nSPS) is 22.7. The highest BCUT2D eigenvalue weighted by Gasteiger charge is 2.44. The van der Waals surface area contributed by atoms with Gasteiger partial charge in [0, 0.05) is 53.6 Å². The Kier molecular flexibility index (Phi) is 3.18. The van der Waals surface area contributed by atoms with Crippen LogP contribution < -0.4 is 5.56 Å². The molecule has 0 aromatic carbocycles. The van der Waals surface area contributed by atoms with E-state index in [0.717, 1.165) is 30.0 Å². The lowest BCUT2D eigenvalue weighted by atomic mass is 9.85. The molecule has 25 heavy (non-hydrogen) atoms. The van der Waals surface area contributed by atoms with Crippen molar-refractivity contribution in [2.45, 2.75) is 31.2 Å². The van der Waals surface area contributed by atoms with E-state index in [9.17, 15) is 13.6 Å². The van der Waals surface area contributed by atoms with Gasteiger partial charge in [-0.1, -0.05) is 0 Å². The minimum Gasteiger partial charge on any atom is -0.323 e. The predicted molar refractivity (Wildman–Crippen MR) is 92.2 cm³/mol. The highest BCUT2D eigenvalue weighted by atomic mass is 32.1. The number of fused-ring (bicyclic) bond motifs is 3. The molecule has 8 heteroatoms. The third-order valence-electron chi connectivity index (χ3n) is 5.21. The molecule has 1 aliphatic heterocycles. The third-order valence-corrected chi connectivity index (χ3v) is 6.39. The van der Waals surface area contributed by atoms with Crippen LogP contribution in [-0.4, -0.2) is 39.1 Å². The molecule has 4 heterocycles. The number of pyridine rings is 1. The molecule has 2 N–H and O–H groups in total. The first-order valence-corrected chi connectivity index (χ1v) is 9.13. The number of likely N-dealkylation sites (tertiary alicyclic amines) is 1. The van der Waals surface area contributed by atoms with Crippen molar-refractivity contribution in [3.63, 3.8) is 0 Å². The Morgan fingerprint density at radius 3 is 2.88 bits per heavy atom. The van der Waals surface area contributed by atoms with Gasteiger partial charge in [0.25, 0.3) is 11.5 Å². The van der Waals surface area contributed by atoms with E-state index in [1.54, 1.807) is 12.4 Å². The van der Waals surface area contributed by atoms with Crippen LogP contribution in [0.25, 0.3) is 20.5 Å². The van der Waals surface area contributed by atoms with Crippen molar-refractivity contribution in [1.29, 1.82) is 0 Å². The maximum absolute atomic E-state index is 14.4. The molecular formula is C17H16F2N4OS. The fraction of sp³-hybridized carbons (Fsp3) is 0.412. The number of alkyl halides is 2. The molecule has 0 saturated carbocycles. The Morgan fingerprint density at radius 1 is 1.36 bits per heavy atom. The van der Waals surface area contributed by atoms with Crippen LogP contribution in [0, 0.1) is 0 Å². The number of hydrogen-bond acceptors (Lipinski definition) is 4. The number of thiophene rings is 1. The van der Waals surface area contributed by atoms with Crippen molar-refractivity contribution < 1.29 is 8.78 Å². The fourth-order valence-corrected chi connectivity index (χ4v) is 4.93. The molecule has 3 aromatic rings. The average Bonchev–Trinajstić information content (AvgIpc) is 3.14. The van der Waals surface area contributed by atoms with Gasteiger partial charge in [-0.25, -0.2) is 8.78 Å². The Bertz CT molecular complexity index is 1000. The Hall–Kier alpha value is -2.06. The van der Waals surface area contributed by atoms with E-state index in [4.69, 9.17) is 0 Å². The second-order valence-electron chi connectivity index (χ2n) is 6.83. The number of halogens is 2. The van der Waals surface area contributed by atoms with Crippen molar-refractivity contribution in [2.75, 3.05) is 13.1 Å². The first kappa shape index (κ1) is 15.2. The summed E-state index contributed by atoms with van der Waals surface area (Å²) in [6.45, 7) is 1.62. The number of nitrogens with zero attached hydrogens (tertiary/aromatic N) is 2. The van der Waals surface area contributed by atoms with Crippen LogP contribution in [-0.2, 0) is 6.42 Å². The van der Waals surface area contributed by atoms with Crippen LogP contribution in [0.1, 0.15) is 30.1 Å². The SMILES string of the molecule is O=c1[nH]c2c(c3cc(-c4cn[nH]c4)sc13)CC(F)(F)CC2N1CCC1. The van der Waals surface area contributed by atoms with Gasteiger partial charge in [-0.3, -0.25) is 14.8 Å². The molecule has 0 amide bonds. The van der Waals surface area contributed by atoms with Crippen LogP contribution in [0.5, 0.6) is 0 Å². The van der Waals surface area contributed by atoms with Crippen LogP contribution in [0.3, 0.4) is 0 Å². The first-order chi connectivity index (χ1) is 12.0. The molecule has 1 atom stereocenters. The Labute approximate surface area is 145 Å². The van der Waals surface area contributed by atoms with Crippen molar-refractivity contribution in [3.05, 3.63) is 40.1 Å². The molecule has 1 fully saturated rings. The summed E-state index contributed by atoms with van der Waals surface area (Å²) in [5.74, 6) is -2.75. The number of aromatic nitrogens is 3. The molecule has 5 rings (SSSR count). The molecule has 1 unspecified atom stereocenters.